The number of hydrogen-bond donors (Lipinski definition) is 3. The van der Waals surface area contributed by atoms with Crippen LogP contribution in [-0.2, 0) is 21.3 Å². The quantitative estimate of drug-likeness (QED) is 0.223. The van der Waals surface area contributed by atoms with Crippen LogP contribution >= 0.6 is 0 Å². The van der Waals surface area contributed by atoms with Crippen LogP contribution in [0.2, 0.25) is 0 Å². The van der Waals surface area contributed by atoms with Gasteiger partial charge < -0.3 is 29.6 Å². The average Bonchev–Trinajstić information content (AvgIpc) is 3.28. The minimum Gasteiger partial charge on any atom is -0.495 e. The van der Waals surface area contributed by atoms with Crippen molar-refractivity contribution in [1.82, 2.24) is 9.47 Å². The van der Waals surface area contributed by atoms with Crippen LogP contribution in [0.15, 0.2) is 47.4 Å². The summed E-state index contributed by atoms with van der Waals surface area (Å²) < 4.78 is 75.5. The number of rotatable bonds is 11. The van der Waals surface area contributed by atoms with Crippen LogP contribution in [0.3, 0.4) is 0 Å². The Kier molecular flexibility index (Phi) is 10.3. The van der Waals surface area contributed by atoms with Crippen LogP contribution < -0.4 is 20.5 Å². The van der Waals surface area contributed by atoms with Crippen LogP contribution in [0.5, 0.6) is 5.75 Å². The summed E-state index contributed by atoms with van der Waals surface area (Å²) in [6.07, 6.45) is -0.507. The van der Waals surface area contributed by atoms with Crippen molar-refractivity contribution in [1.29, 1.82) is 0 Å². The Bertz CT molecular complexity index is 1540. The molecule has 2 heterocycles. The number of aromatic nitrogens is 1. The molecule has 4 N–H and O–H groups in total. The van der Waals surface area contributed by atoms with Gasteiger partial charge in [0.2, 0.25) is 10.0 Å². The lowest BCUT2D eigenvalue weighted by atomic mass is 10.0. The van der Waals surface area contributed by atoms with Crippen LogP contribution in [0, 0.1) is 18.3 Å². The highest BCUT2D eigenvalue weighted by Crippen LogP contribution is 2.31. The topological polar surface area (TPSA) is 111 Å². The van der Waals surface area contributed by atoms with Crippen molar-refractivity contribution in [3.8, 4) is 17.6 Å². The lowest BCUT2D eigenvalue weighted by Crippen LogP contribution is -2.39. The van der Waals surface area contributed by atoms with Gasteiger partial charge in [-0.3, -0.25) is 0 Å². The summed E-state index contributed by atoms with van der Waals surface area (Å²) in [6, 6.07) is 11.3. The van der Waals surface area contributed by atoms with E-state index in [0.29, 0.717) is 23.2 Å². The van der Waals surface area contributed by atoms with Gasteiger partial charge in [-0.25, -0.2) is 13.6 Å². The number of alkyl halides is 3. The summed E-state index contributed by atoms with van der Waals surface area (Å²) in [6.45, 7) is 2.21. The van der Waals surface area contributed by atoms with E-state index in [1.165, 1.54) is 29.9 Å². The summed E-state index contributed by atoms with van der Waals surface area (Å²) in [4.78, 5) is 2.24. The van der Waals surface area contributed by atoms with E-state index in [4.69, 9.17) is 14.6 Å². The first-order valence-corrected chi connectivity index (χ1v) is 14.9. The number of primary sulfonamides is 1. The molecule has 1 saturated heterocycles. The molecule has 3 aromatic rings. The molecule has 227 valence electrons. The Hall–Kier alpha value is -3.44. The first-order chi connectivity index (χ1) is 20.0. The van der Waals surface area contributed by atoms with Gasteiger partial charge in [0.25, 0.3) is 0 Å². The minimum atomic E-state index is -4.44. The van der Waals surface area contributed by atoms with Crippen LogP contribution in [0.4, 0.5) is 24.5 Å². The number of nitrogens with two attached hydrogens (primary N) is 1. The van der Waals surface area contributed by atoms with E-state index in [1.54, 1.807) is 25.3 Å². The van der Waals surface area contributed by atoms with Crippen molar-refractivity contribution in [3.63, 3.8) is 0 Å². The number of nitrogens with one attached hydrogen (secondary N) is 2. The predicted molar refractivity (Wildman–Crippen MR) is 157 cm³/mol. The summed E-state index contributed by atoms with van der Waals surface area (Å²) in [5.74, 6) is 5.99. The highest BCUT2D eigenvalue weighted by atomic mass is 32.2. The Labute approximate surface area is 244 Å². The number of sulfonamides is 1. The molecule has 13 heteroatoms. The molecule has 1 aromatic heterocycles. The molecule has 0 saturated carbocycles. The maximum absolute atomic E-state index is 13.6. The van der Waals surface area contributed by atoms with Gasteiger partial charge >= 0.3 is 6.18 Å². The average molecular weight is 607 g/mol. The smallest absolute Gasteiger partial charge is 0.406 e. The van der Waals surface area contributed by atoms with Gasteiger partial charge in [0.05, 0.1) is 42.1 Å². The first-order valence-electron chi connectivity index (χ1n) is 13.4. The zero-order chi connectivity index (χ0) is 30.3. The second kappa shape index (κ2) is 13.7. The number of anilines is 2. The second-order valence-corrected chi connectivity index (χ2v) is 11.6. The largest absolute Gasteiger partial charge is 0.495 e. The highest BCUT2D eigenvalue weighted by molar-refractivity contribution is 7.89. The van der Waals surface area contributed by atoms with Crippen LogP contribution in [-0.4, -0.2) is 77.1 Å². The Morgan fingerprint density at radius 2 is 1.88 bits per heavy atom. The van der Waals surface area contributed by atoms with E-state index in [-0.39, 0.29) is 28.9 Å². The van der Waals surface area contributed by atoms with Crippen LogP contribution in [0.1, 0.15) is 18.5 Å². The van der Waals surface area contributed by atoms with Crippen molar-refractivity contribution in [3.05, 3.63) is 54.6 Å². The molecule has 0 aliphatic carbocycles. The lowest BCUT2D eigenvalue weighted by Gasteiger charge is -2.32. The number of ether oxygens (including phenoxy) is 2. The molecule has 0 spiro atoms. The van der Waals surface area contributed by atoms with Crippen LogP contribution in [0.25, 0.3) is 10.9 Å². The third-order valence-corrected chi connectivity index (χ3v) is 7.90. The van der Waals surface area contributed by atoms with E-state index in [9.17, 15) is 21.6 Å². The number of hydrogen-bond acceptors (Lipinski definition) is 7. The highest BCUT2D eigenvalue weighted by Gasteiger charge is 2.30. The van der Waals surface area contributed by atoms with E-state index in [0.717, 1.165) is 38.2 Å². The molecular weight excluding hydrogens is 571 g/mol. The number of fused-ring (bicyclic) bond motifs is 1. The van der Waals surface area contributed by atoms with Crippen molar-refractivity contribution in [2.75, 3.05) is 57.6 Å². The number of piperidine rings is 1. The van der Waals surface area contributed by atoms with Gasteiger partial charge in [0.15, 0.2) is 0 Å². The second-order valence-electron chi connectivity index (χ2n) is 9.99. The molecule has 1 fully saturated rings. The summed E-state index contributed by atoms with van der Waals surface area (Å²) in [7, 11) is -0.861. The van der Waals surface area contributed by atoms with Gasteiger partial charge in [-0.1, -0.05) is 12.0 Å². The van der Waals surface area contributed by atoms with Crippen molar-refractivity contribution >= 4 is 32.3 Å². The fourth-order valence-corrected chi connectivity index (χ4v) is 5.49. The molecular formula is C29H35F3N5O4S. The molecule has 42 heavy (non-hydrogen) atoms. The zero-order valence-electron chi connectivity index (χ0n) is 23.5. The summed E-state index contributed by atoms with van der Waals surface area (Å²) in [5.41, 5.74) is 1.92. The number of benzene rings is 2. The fraction of sp³-hybridized carbons (Fsp3) is 0.414. The SMILES string of the molecule is COC[CH]CN1CCC(Nc2cccc3c2cc(C#CCNc2ccc(S(N)(=O)=O)cc2OC)n3CC(F)(F)F)CC1. The molecule has 1 radical (unpaired) electrons. The Balaban J connectivity index is 1.52. The van der Waals surface area contributed by atoms with E-state index < -0.39 is 22.7 Å². The molecule has 9 nitrogen and oxygen atoms in total. The fourth-order valence-electron chi connectivity index (χ4n) is 4.97. The van der Waals surface area contributed by atoms with E-state index in [1.807, 2.05) is 6.07 Å². The van der Waals surface area contributed by atoms with Gasteiger partial charge in [-0.05, 0) is 49.1 Å². The number of likely N-dealkylation sites (tertiary alicyclic amines) is 1. The standard InChI is InChI=1S/C29H35F3N5O4S/c1-40-17-5-14-36-15-11-21(12-16-36)35-25-7-3-8-27-24(25)18-22(37(27)20-29(30,31)32)6-4-13-34-26-10-9-23(42(33,38)39)19-28(26)41-2/h3,5,7-10,18-19,21,34-35H,11-17,20H2,1-2H3,(H2,33,38,39). The molecule has 2 aromatic carbocycles. The zero-order valence-corrected chi connectivity index (χ0v) is 24.3. The van der Waals surface area contributed by atoms with Gasteiger partial charge in [0.1, 0.15) is 12.3 Å². The number of halogens is 3. The van der Waals surface area contributed by atoms with E-state index >= 15 is 0 Å². The molecule has 1 aliphatic rings. The molecule has 0 atom stereocenters. The van der Waals surface area contributed by atoms with Crippen molar-refractivity contribution in [2.45, 2.75) is 36.5 Å². The number of nitrogens with zero attached hydrogens (tertiary/aromatic N) is 2. The van der Waals surface area contributed by atoms with Gasteiger partial charge in [-0.2, -0.15) is 13.2 Å². The normalized spacial score (nSPS) is 14.9. The molecule has 0 bridgehead atoms. The molecule has 0 unspecified atom stereocenters. The monoisotopic (exact) mass is 606 g/mol. The Morgan fingerprint density at radius 3 is 2.55 bits per heavy atom. The summed E-state index contributed by atoms with van der Waals surface area (Å²) in [5, 5.41) is 12.4. The van der Waals surface area contributed by atoms with Gasteiger partial charge in [0, 0.05) is 56.3 Å². The Morgan fingerprint density at radius 1 is 1.12 bits per heavy atom. The first kappa shape index (κ1) is 31.5. The predicted octanol–water partition coefficient (Wildman–Crippen LogP) is 4.05. The third-order valence-electron chi connectivity index (χ3n) is 6.99. The minimum absolute atomic E-state index is 0.0735. The van der Waals surface area contributed by atoms with Crippen molar-refractivity contribution < 1.29 is 31.1 Å². The molecule has 0 amide bonds. The van der Waals surface area contributed by atoms with Crippen molar-refractivity contribution in [2.24, 2.45) is 5.14 Å². The maximum atomic E-state index is 13.6. The van der Waals surface area contributed by atoms with Gasteiger partial charge in [-0.15, -0.1) is 0 Å². The summed E-state index contributed by atoms with van der Waals surface area (Å²) >= 11 is 0. The number of methoxy groups -OCH3 is 2. The molecule has 1 aliphatic heterocycles. The van der Waals surface area contributed by atoms with E-state index in [2.05, 4.69) is 33.8 Å². The third kappa shape index (κ3) is 8.32. The lowest BCUT2D eigenvalue weighted by molar-refractivity contribution is -0.140. The molecule has 4 rings (SSSR count). The maximum Gasteiger partial charge on any atom is 0.406 e.